The number of aromatic nitrogens is 5. The maximum Gasteiger partial charge on any atom is 0.274 e. The van der Waals surface area contributed by atoms with Crippen LogP contribution in [-0.2, 0) is 6.54 Å². The average Bonchev–Trinajstić information content (AvgIpc) is 3.30. The van der Waals surface area contributed by atoms with E-state index >= 15 is 0 Å². The smallest absolute Gasteiger partial charge is 0.274 e. The molecule has 2 N–H and O–H groups in total. The number of carbonyl (C=O) groups is 1. The number of benzene rings is 2. The van der Waals surface area contributed by atoms with E-state index in [-0.39, 0.29) is 17.6 Å². The van der Waals surface area contributed by atoms with Gasteiger partial charge in [0.05, 0.1) is 29.8 Å². The standard InChI is InChI=1S/C20H20N6O/c1-13-7-3-4-8-15(13)11-26-12-18(24-25-26)20(27)21-14(2)19-22-16-9-5-6-10-17(16)23-19/h3-10,12,14H,11H2,1-2H3,(H,21,27)(H,22,23). The van der Waals surface area contributed by atoms with Gasteiger partial charge < -0.3 is 10.3 Å². The van der Waals surface area contributed by atoms with Gasteiger partial charge >= 0.3 is 0 Å². The molecule has 0 radical (unpaired) electrons. The van der Waals surface area contributed by atoms with E-state index in [0.717, 1.165) is 16.6 Å². The van der Waals surface area contributed by atoms with Crippen molar-refractivity contribution >= 4 is 16.9 Å². The number of carbonyl (C=O) groups excluding carboxylic acids is 1. The summed E-state index contributed by atoms with van der Waals surface area (Å²) in [7, 11) is 0. The van der Waals surface area contributed by atoms with Crippen LogP contribution in [0.15, 0.2) is 54.7 Å². The van der Waals surface area contributed by atoms with E-state index in [9.17, 15) is 4.79 Å². The Balaban J connectivity index is 1.45. The molecule has 2 aromatic heterocycles. The van der Waals surface area contributed by atoms with Gasteiger partial charge in [-0.25, -0.2) is 9.67 Å². The first kappa shape index (κ1) is 17.0. The summed E-state index contributed by atoms with van der Waals surface area (Å²) in [5, 5.41) is 11.0. The average molecular weight is 360 g/mol. The summed E-state index contributed by atoms with van der Waals surface area (Å²) < 4.78 is 1.67. The summed E-state index contributed by atoms with van der Waals surface area (Å²) in [6, 6.07) is 15.6. The molecule has 4 rings (SSSR count). The minimum Gasteiger partial charge on any atom is -0.341 e. The third-order valence-electron chi connectivity index (χ3n) is 4.53. The SMILES string of the molecule is Cc1ccccc1Cn1cc(C(=O)NC(C)c2nc3ccccc3[nH]2)nn1. The molecule has 0 aliphatic rings. The van der Waals surface area contributed by atoms with Gasteiger partial charge in [0.25, 0.3) is 5.91 Å². The fourth-order valence-electron chi connectivity index (χ4n) is 2.96. The zero-order chi connectivity index (χ0) is 18.8. The maximum atomic E-state index is 12.5. The molecule has 2 aromatic carbocycles. The predicted octanol–water partition coefficient (Wildman–Crippen LogP) is 3.00. The van der Waals surface area contributed by atoms with E-state index in [4.69, 9.17) is 0 Å². The lowest BCUT2D eigenvalue weighted by Gasteiger charge is -2.09. The Morgan fingerprint density at radius 1 is 1.19 bits per heavy atom. The van der Waals surface area contributed by atoms with Crippen LogP contribution >= 0.6 is 0 Å². The fourth-order valence-corrected chi connectivity index (χ4v) is 2.96. The Morgan fingerprint density at radius 2 is 1.96 bits per heavy atom. The van der Waals surface area contributed by atoms with Crippen molar-refractivity contribution < 1.29 is 4.79 Å². The lowest BCUT2D eigenvalue weighted by molar-refractivity contribution is 0.0933. The lowest BCUT2D eigenvalue weighted by Crippen LogP contribution is -2.27. The summed E-state index contributed by atoms with van der Waals surface area (Å²) in [4.78, 5) is 20.3. The van der Waals surface area contributed by atoms with E-state index in [1.54, 1.807) is 10.9 Å². The van der Waals surface area contributed by atoms with Crippen molar-refractivity contribution in [2.45, 2.75) is 26.4 Å². The Kier molecular flexibility index (Phi) is 4.42. The highest BCUT2D eigenvalue weighted by Gasteiger charge is 2.17. The van der Waals surface area contributed by atoms with Gasteiger partial charge in [0.15, 0.2) is 5.69 Å². The first-order chi connectivity index (χ1) is 13.1. The van der Waals surface area contributed by atoms with Crippen molar-refractivity contribution in [1.29, 1.82) is 0 Å². The van der Waals surface area contributed by atoms with Crippen molar-refractivity contribution in [3.8, 4) is 0 Å². The highest BCUT2D eigenvalue weighted by molar-refractivity contribution is 5.92. The number of aryl methyl sites for hydroxylation is 1. The van der Waals surface area contributed by atoms with Crippen molar-refractivity contribution in [1.82, 2.24) is 30.3 Å². The molecule has 27 heavy (non-hydrogen) atoms. The zero-order valence-electron chi connectivity index (χ0n) is 15.2. The molecule has 2 heterocycles. The first-order valence-electron chi connectivity index (χ1n) is 8.80. The summed E-state index contributed by atoms with van der Waals surface area (Å²) in [5.74, 6) is 0.427. The molecule has 136 valence electrons. The molecule has 0 saturated heterocycles. The second-order valence-corrected chi connectivity index (χ2v) is 6.56. The molecule has 4 aromatic rings. The lowest BCUT2D eigenvalue weighted by atomic mass is 10.1. The number of nitrogens with one attached hydrogen (secondary N) is 2. The number of aromatic amines is 1. The van der Waals surface area contributed by atoms with Crippen LogP contribution in [0.1, 0.15) is 40.4 Å². The fraction of sp³-hybridized carbons (Fsp3) is 0.200. The molecule has 0 saturated carbocycles. The molecular formula is C20H20N6O. The predicted molar refractivity (Wildman–Crippen MR) is 102 cm³/mol. The third-order valence-corrected chi connectivity index (χ3v) is 4.53. The van der Waals surface area contributed by atoms with E-state index < -0.39 is 0 Å². The minimum atomic E-state index is -0.279. The molecule has 0 aliphatic heterocycles. The van der Waals surface area contributed by atoms with Gasteiger partial charge in [-0.15, -0.1) is 5.10 Å². The minimum absolute atomic E-state index is 0.272. The molecule has 1 unspecified atom stereocenters. The van der Waals surface area contributed by atoms with Crippen LogP contribution in [0.4, 0.5) is 0 Å². The second-order valence-electron chi connectivity index (χ2n) is 6.56. The molecule has 0 fully saturated rings. The van der Waals surface area contributed by atoms with Crippen molar-refractivity contribution in [3.05, 3.63) is 77.4 Å². The van der Waals surface area contributed by atoms with E-state index in [1.165, 1.54) is 5.56 Å². The highest BCUT2D eigenvalue weighted by atomic mass is 16.2. The second kappa shape index (κ2) is 7.03. The largest absolute Gasteiger partial charge is 0.341 e. The molecule has 0 spiro atoms. The molecular weight excluding hydrogens is 340 g/mol. The monoisotopic (exact) mass is 360 g/mol. The van der Waals surface area contributed by atoms with Crippen LogP contribution in [0.3, 0.4) is 0 Å². The Hall–Kier alpha value is -3.48. The summed E-state index contributed by atoms with van der Waals surface area (Å²) in [6.07, 6.45) is 1.66. The van der Waals surface area contributed by atoms with Crippen LogP contribution in [0.2, 0.25) is 0 Å². The number of hydrogen-bond donors (Lipinski definition) is 2. The molecule has 0 bridgehead atoms. The van der Waals surface area contributed by atoms with Crippen LogP contribution in [-0.4, -0.2) is 30.9 Å². The van der Waals surface area contributed by atoms with Crippen LogP contribution in [0.5, 0.6) is 0 Å². The summed E-state index contributed by atoms with van der Waals surface area (Å²) in [5.41, 5.74) is 4.42. The molecule has 7 nitrogen and oxygen atoms in total. The molecule has 1 atom stereocenters. The van der Waals surface area contributed by atoms with E-state index in [0.29, 0.717) is 12.4 Å². The van der Waals surface area contributed by atoms with Crippen molar-refractivity contribution in [2.75, 3.05) is 0 Å². The third kappa shape index (κ3) is 3.57. The highest BCUT2D eigenvalue weighted by Crippen LogP contribution is 2.16. The number of amides is 1. The molecule has 7 heteroatoms. The van der Waals surface area contributed by atoms with Crippen LogP contribution in [0, 0.1) is 6.92 Å². The van der Waals surface area contributed by atoms with Gasteiger partial charge in [0, 0.05) is 0 Å². The summed E-state index contributed by atoms with van der Waals surface area (Å²) >= 11 is 0. The van der Waals surface area contributed by atoms with Gasteiger partial charge in [-0.2, -0.15) is 0 Å². The van der Waals surface area contributed by atoms with Gasteiger partial charge in [0.2, 0.25) is 0 Å². The van der Waals surface area contributed by atoms with Crippen molar-refractivity contribution in [2.24, 2.45) is 0 Å². The number of rotatable bonds is 5. The van der Waals surface area contributed by atoms with Crippen LogP contribution < -0.4 is 5.32 Å². The van der Waals surface area contributed by atoms with Gasteiger partial charge in [-0.3, -0.25) is 4.79 Å². The summed E-state index contributed by atoms with van der Waals surface area (Å²) in [6.45, 7) is 4.51. The van der Waals surface area contributed by atoms with E-state index in [1.807, 2.05) is 49.4 Å². The molecule has 0 aliphatic carbocycles. The van der Waals surface area contributed by atoms with Crippen LogP contribution in [0.25, 0.3) is 11.0 Å². The topological polar surface area (TPSA) is 88.5 Å². The Labute approximate surface area is 156 Å². The number of H-pyrrole nitrogens is 1. The van der Waals surface area contributed by atoms with E-state index in [2.05, 4.69) is 38.6 Å². The number of hydrogen-bond acceptors (Lipinski definition) is 4. The molecule has 1 amide bonds. The quantitative estimate of drug-likeness (QED) is 0.573. The number of fused-ring (bicyclic) bond motifs is 1. The normalized spacial score (nSPS) is 12.2. The maximum absolute atomic E-state index is 12.5. The number of para-hydroxylation sites is 2. The Morgan fingerprint density at radius 3 is 2.78 bits per heavy atom. The first-order valence-corrected chi connectivity index (χ1v) is 8.80. The van der Waals surface area contributed by atoms with Gasteiger partial charge in [-0.05, 0) is 37.1 Å². The Bertz CT molecular complexity index is 1060. The van der Waals surface area contributed by atoms with Gasteiger partial charge in [-0.1, -0.05) is 41.6 Å². The number of nitrogens with zero attached hydrogens (tertiary/aromatic N) is 4. The zero-order valence-corrected chi connectivity index (χ0v) is 15.2. The van der Waals surface area contributed by atoms with Gasteiger partial charge in [0.1, 0.15) is 5.82 Å². The number of imidazole rings is 1. The van der Waals surface area contributed by atoms with Crippen molar-refractivity contribution in [3.63, 3.8) is 0 Å².